The van der Waals surface area contributed by atoms with Gasteiger partial charge in [-0.2, -0.15) is 0 Å². The van der Waals surface area contributed by atoms with Crippen molar-refractivity contribution in [3.05, 3.63) is 29.6 Å². The van der Waals surface area contributed by atoms with Crippen LogP contribution in [0.3, 0.4) is 0 Å². The summed E-state index contributed by atoms with van der Waals surface area (Å²) in [6, 6.07) is 3.32. The first-order valence-electron chi connectivity index (χ1n) is 7.24. The van der Waals surface area contributed by atoms with Crippen molar-refractivity contribution < 1.29 is 14.0 Å². The van der Waals surface area contributed by atoms with Gasteiger partial charge in [0, 0.05) is 24.8 Å². The Kier molecular flexibility index (Phi) is 4.97. The fourth-order valence-corrected chi connectivity index (χ4v) is 2.59. The van der Waals surface area contributed by atoms with E-state index in [-0.39, 0.29) is 23.8 Å². The van der Waals surface area contributed by atoms with Crippen LogP contribution in [0.4, 0.5) is 14.9 Å². The number of aryl methyl sites for hydroxylation is 1. The number of primary amides is 1. The number of benzene rings is 1. The lowest BCUT2D eigenvalue weighted by atomic mass is 10.2. The molecule has 1 aromatic carbocycles. The first-order valence-corrected chi connectivity index (χ1v) is 7.24. The van der Waals surface area contributed by atoms with Gasteiger partial charge in [0.2, 0.25) is 5.91 Å². The molecule has 1 aromatic rings. The Morgan fingerprint density at radius 3 is 2.86 bits per heavy atom. The molecule has 1 saturated heterocycles. The van der Waals surface area contributed by atoms with Crippen LogP contribution in [0.1, 0.15) is 18.9 Å². The van der Waals surface area contributed by atoms with E-state index in [4.69, 9.17) is 5.73 Å². The van der Waals surface area contributed by atoms with Crippen LogP contribution in [0.2, 0.25) is 0 Å². The molecular weight excluding hydrogens is 287 g/mol. The zero-order chi connectivity index (χ0) is 16.3. The predicted octanol–water partition coefficient (Wildman–Crippen LogP) is 1.20. The predicted molar refractivity (Wildman–Crippen MR) is 81.9 cm³/mol. The van der Waals surface area contributed by atoms with Crippen molar-refractivity contribution in [2.75, 3.05) is 18.4 Å². The van der Waals surface area contributed by atoms with Gasteiger partial charge in [-0.1, -0.05) is 6.07 Å². The second kappa shape index (κ2) is 6.74. The summed E-state index contributed by atoms with van der Waals surface area (Å²) < 4.78 is 13.3. The first-order chi connectivity index (χ1) is 10.4. The third-order valence-electron chi connectivity index (χ3n) is 3.95. The molecule has 2 atom stereocenters. The van der Waals surface area contributed by atoms with Gasteiger partial charge in [-0.05, 0) is 38.0 Å². The van der Waals surface area contributed by atoms with Crippen LogP contribution in [0.5, 0.6) is 0 Å². The molecule has 1 fully saturated rings. The zero-order valence-corrected chi connectivity index (χ0v) is 12.7. The maximum Gasteiger partial charge on any atom is 0.312 e. The van der Waals surface area contributed by atoms with Gasteiger partial charge in [-0.3, -0.25) is 9.69 Å². The molecule has 0 radical (unpaired) electrons. The van der Waals surface area contributed by atoms with E-state index in [1.807, 2.05) is 11.8 Å². The molecule has 0 unspecified atom stereocenters. The number of carbonyl (C=O) groups excluding carboxylic acids is 2. The van der Waals surface area contributed by atoms with E-state index >= 15 is 0 Å². The van der Waals surface area contributed by atoms with Gasteiger partial charge in [0.1, 0.15) is 5.82 Å². The fourth-order valence-electron chi connectivity index (χ4n) is 2.59. The first kappa shape index (κ1) is 16.2. The highest BCUT2D eigenvalue weighted by Gasteiger charge is 2.30. The molecule has 7 heteroatoms. The number of amides is 3. The molecule has 6 nitrogen and oxygen atoms in total. The Morgan fingerprint density at radius 2 is 2.18 bits per heavy atom. The van der Waals surface area contributed by atoms with Crippen molar-refractivity contribution in [2.45, 2.75) is 32.4 Å². The van der Waals surface area contributed by atoms with E-state index in [9.17, 15) is 14.0 Å². The van der Waals surface area contributed by atoms with Gasteiger partial charge in [-0.25, -0.2) is 9.18 Å². The van der Waals surface area contributed by atoms with E-state index in [0.717, 1.165) is 12.0 Å². The lowest BCUT2D eigenvalue weighted by Gasteiger charge is -2.23. The number of carbonyl (C=O) groups is 2. The van der Waals surface area contributed by atoms with Crippen molar-refractivity contribution in [3.63, 3.8) is 0 Å². The van der Waals surface area contributed by atoms with Gasteiger partial charge < -0.3 is 16.4 Å². The Bertz CT molecular complexity index is 579. The number of nitrogens with one attached hydrogen (secondary N) is 2. The largest absolute Gasteiger partial charge is 0.352 e. The highest BCUT2D eigenvalue weighted by atomic mass is 19.1. The van der Waals surface area contributed by atoms with Gasteiger partial charge in [-0.15, -0.1) is 0 Å². The van der Waals surface area contributed by atoms with Gasteiger partial charge >= 0.3 is 6.03 Å². The van der Waals surface area contributed by atoms with E-state index in [1.54, 1.807) is 13.0 Å². The molecule has 0 aliphatic carbocycles. The molecule has 0 saturated carbocycles. The molecule has 3 amide bonds. The minimum Gasteiger partial charge on any atom is -0.352 e. The lowest BCUT2D eigenvalue weighted by molar-refractivity contribution is -0.120. The molecule has 1 heterocycles. The minimum atomic E-state index is -0.556. The Balaban J connectivity index is 1.95. The normalized spacial score (nSPS) is 19.7. The second-order valence-electron chi connectivity index (χ2n) is 5.61. The van der Waals surface area contributed by atoms with Crippen LogP contribution in [-0.2, 0) is 4.79 Å². The summed E-state index contributed by atoms with van der Waals surface area (Å²) in [5.74, 6) is -0.589. The van der Waals surface area contributed by atoms with Crippen LogP contribution in [-0.4, -0.2) is 42.0 Å². The molecule has 120 valence electrons. The van der Waals surface area contributed by atoms with Gasteiger partial charge in [0.25, 0.3) is 0 Å². The topological polar surface area (TPSA) is 87.5 Å². The number of likely N-dealkylation sites (tertiary alicyclic amines) is 1. The number of anilines is 1. The average Bonchev–Trinajstić information content (AvgIpc) is 2.89. The second-order valence-corrected chi connectivity index (χ2v) is 5.61. The zero-order valence-electron chi connectivity index (χ0n) is 12.7. The van der Waals surface area contributed by atoms with Crippen LogP contribution in [0.15, 0.2) is 18.2 Å². The molecule has 0 aromatic heterocycles. The van der Waals surface area contributed by atoms with E-state index in [0.29, 0.717) is 18.8 Å². The summed E-state index contributed by atoms with van der Waals surface area (Å²) in [5, 5.41) is 5.40. The number of hydrogen-bond acceptors (Lipinski definition) is 3. The quantitative estimate of drug-likeness (QED) is 0.781. The van der Waals surface area contributed by atoms with E-state index in [2.05, 4.69) is 10.6 Å². The van der Waals surface area contributed by atoms with Crippen LogP contribution < -0.4 is 16.4 Å². The number of rotatable bonds is 4. The molecular formula is C15H21FN4O2. The van der Waals surface area contributed by atoms with E-state index in [1.165, 1.54) is 12.1 Å². The number of urea groups is 1. The molecule has 22 heavy (non-hydrogen) atoms. The minimum absolute atomic E-state index is 0.0383. The number of nitrogens with two attached hydrogens (primary N) is 1. The molecule has 2 rings (SSSR count). The summed E-state index contributed by atoms with van der Waals surface area (Å²) in [4.78, 5) is 25.1. The van der Waals surface area contributed by atoms with Gasteiger partial charge in [0.15, 0.2) is 0 Å². The maximum absolute atomic E-state index is 13.3. The third kappa shape index (κ3) is 3.94. The lowest BCUT2D eigenvalue weighted by Crippen LogP contribution is -2.44. The monoisotopic (exact) mass is 308 g/mol. The molecule has 1 aliphatic rings. The maximum atomic E-state index is 13.3. The number of halogens is 1. The summed E-state index contributed by atoms with van der Waals surface area (Å²) in [6.07, 6.45) is 0.750. The standard InChI is InChI=1S/C15H21FN4O2/c1-9-3-4-11(16)7-13(9)19-14(21)10(2)20-6-5-12(8-20)18-15(17)22/h3-4,7,10,12H,5-6,8H2,1-2H3,(H,19,21)(H3,17,18,22)/t10-,12+/m1/s1. The molecule has 0 spiro atoms. The highest BCUT2D eigenvalue weighted by Crippen LogP contribution is 2.18. The van der Waals surface area contributed by atoms with Crippen molar-refractivity contribution in [1.82, 2.24) is 10.2 Å². The van der Waals surface area contributed by atoms with Crippen molar-refractivity contribution in [3.8, 4) is 0 Å². The van der Waals surface area contributed by atoms with Crippen molar-refractivity contribution in [2.24, 2.45) is 5.73 Å². The molecule has 1 aliphatic heterocycles. The SMILES string of the molecule is Cc1ccc(F)cc1NC(=O)[C@@H](C)N1CC[C@H](NC(N)=O)C1. The third-order valence-corrected chi connectivity index (χ3v) is 3.95. The fraction of sp³-hybridized carbons (Fsp3) is 0.467. The Morgan fingerprint density at radius 1 is 1.45 bits per heavy atom. The summed E-state index contributed by atoms with van der Waals surface area (Å²) in [7, 11) is 0. The number of nitrogens with zero attached hydrogens (tertiary/aromatic N) is 1. The summed E-state index contributed by atoms with van der Waals surface area (Å²) in [5.41, 5.74) is 6.38. The van der Waals surface area contributed by atoms with Crippen LogP contribution in [0.25, 0.3) is 0 Å². The molecule has 0 bridgehead atoms. The summed E-state index contributed by atoms with van der Waals surface area (Å²) >= 11 is 0. The Labute approximate surface area is 128 Å². The van der Waals surface area contributed by atoms with Crippen LogP contribution in [0, 0.1) is 12.7 Å². The average molecular weight is 308 g/mol. The smallest absolute Gasteiger partial charge is 0.312 e. The number of hydrogen-bond donors (Lipinski definition) is 3. The Hall–Kier alpha value is -2.15. The van der Waals surface area contributed by atoms with Gasteiger partial charge in [0.05, 0.1) is 6.04 Å². The summed E-state index contributed by atoms with van der Waals surface area (Å²) in [6.45, 7) is 4.86. The van der Waals surface area contributed by atoms with Crippen LogP contribution >= 0.6 is 0 Å². The van der Waals surface area contributed by atoms with Crippen molar-refractivity contribution >= 4 is 17.6 Å². The molecule has 4 N–H and O–H groups in total. The van der Waals surface area contributed by atoms with Crippen molar-refractivity contribution in [1.29, 1.82) is 0 Å². The highest BCUT2D eigenvalue weighted by molar-refractivity contribution is 5.95. The van der Waals surface area contributed by atoms with E-state index < -0.39 is 6.03 Å².